The molecule has 2 N–H and O–H groups in total. The first-order chi connectivity index (χ1) is 16.4. The van der Waals surface area contributed by atoms with E-state index in [1.165, 1.54) is 6.92 Å². The third-order valence-electron chi connectivity index (χ3n) is 7.76. The molecule has 1 saturated heterocycles. The van der Waals surface area contributed by atoms with Gasteiger partial charge in [-0.3, -0.25) is 14.4 Å². The number of benzene rings is 1. The Morgan fingerprint density at radius 1 is 1.18 bits per heavy atom. The first kappa shape index (κ1) is 22.6. The summed E-state index contributed by atoms with van der Waals surface area (Å²) >= 11 is 0. The van der Waals surface area contributed by atoms with Crippen LogP contribution in [0.5, 0.6) is 0 Å². The molecule has 2 bridgehead atoms. The number of aromatic nitrogens is 1. The molecule has 7 nitrogen and oxygen atoms in total. The van der Waals surface area contributed by atoms with Crippen molar-refractivity contribution < 1.29 is 14.7 Å². The minimum Gasteiger partial charge on any atom is -0.396 e. The average molecular weight is 462 g/mol. The van der Waals surface area contributed by atoms with Crippen LogP contribution in [0.1, 0.15) is 62.0 Å². The van der Waals surface area contributed by atoms with Gasteiger partial charge in [-0.2, -0.15) is 0 Å². The lowest BCUT2D eigenvalue weighted by Gasteiger charge is -2.37. The highest BCUT2D eigenvalue weighted by Gasteiger charge is 2.56. The van der Waals surface area contributed by atoms with Gasteiger partial charge in [-0.1, -0.05) is 36.4 Å². The largest absolute Gasteiger partial charge is 0.396 e. The van der Waals surface area contributed by atoms with E-state index in [4.69, 9.17) is 0 Å². The summed E-state index contributed by atoms with van der Waals surface area (Å²) in [6, 6.07) is 12.2. The Morgan fingerprint density at radius 3 is 2.59 bits per heavy atom. The fraction of sp³-hybridized carbons (Fsp3) is 0.444. The van der Waals surface area contributed by atoms with Gasteiger partial charge in [0.2, 0.25) is 11.8 Å². The maximum atomic E-state index is 13.6. The zero-order valence-corrected chi connectivity index (χ0v) is 19.6. The molecule has 0 radical (unpaired) electrons. The SMILES string of the molecule is CC(=O)N1[C@@H]2Cn3c(ccc(C4=CCCC4)c3=O)[C@H]1[C@@H](C(=O)N[C@@H](C)c1ccccc1)[C@@H]2CO. The quantitative estimate of drug-likeness (QED) is 0.716. The van der Waals surface area contributed by atoms with E-state index in [-0.39, 0.29) is 36.6 Å². The second-order valence-electron chi connectivity index (χ2n) is 9.66. The number of carbonyl (C=O) groups excluding carboxylic acids is 2. The van der Waals surface area contributed by atoms with Crippen molar-refractivity contribution in [3.63, 3.8) is 0 Å². The molecule has 1 aliphatic carbocycles. The smallest absolute Gasteiger partial charge is 0.258 e. The molecule has 1 aromatic heterocycles. The highest BCUT2D eigenvalue weighted by Crippen LogP contribution is 2.48. The van der Waals surface area contributed by atoms with Crippen LogP contribution in [-0.4, -0.2) is 39.0 Å². The molecule has 1 aromatic carbocycles. The van der Waals surface area contributed by atoms with Crippen molar-refractivity contribution in [2.24, 2.45) is 11.8 Å². The van der Waals surface area contributed by atoms with Crippen LogP contribution in [0, 0.1) is 11.8 Å². The molecule has 7 heteroatoms. The van der Waals surface area contributed by atoms with Gasteiger partial charge in [-0.05, 0) is 49.5 Å². The summed E-state index contributed by atoms with van der Waals surface area (Å²) < 4.78 is 1.74. The molecule has 5 atom stereocenters. The fourth-order valence-electron chi connectivity index (χ4n) is 6.13. The maximum absolute atomic E-state index is 13.6. The van der Waals surface area contributed by atoms with Crippen LogP contribution in [0.3, 0.4) is 0 Å². The van der Waals surface area contributed by atoms with Gasteiger partial charge in [0.25, 0.3) is 5.56 Å². The Hall–Kier alpha value is -3.19. The highest BCUT2D eigenvalue weighted by molar-refractivity contribution is 5.84. The molecule has 5 rings (SSSR count). The van der Waals surface area contributed by atoms with Gasteiger partial charge >= 0.3 is 0 Å². The lowest BCUT2D eigenvalue weighted by molar-refractivity contribution is -0.134. The van der Waals surface area contributed by atoms with Crippen LogP contribution in [-0.2, 0) is 16.1 Å². The van der Waals surface area contributed by atoms with Crippen LogP contribution >= 0.6 is 0 Å². The predicted molar refractivity (Wildman–Crippen MR) is 129 cm³/mol. The van der Waals surface area contributed by atoms with Crippen molar-refractivity contribution in [2.45, 2.75) is 57.8 Å². The van der Waals surface area contributed by atoms with Crippen molar-refractivity contribution in [3.8, 4) is 0 Å². The third-order valence-corrected chi connectivity index (χ3v) is 7.76. The molecule has 1 fully saturated rings. The maximum Gasteiger partial charge on any atom is 0.258 e. The zero-order chi connectivity index (χ0) is 24.0. The Kier molecular flexibility index (Phi) is 5.90. The molecule has 2 aliphatic heterocycles. The van der Waals surface area contributed by atoms with E-state index in [9.17, 15) is 19.5 Å². The Labute approximate surface area is 199 Å². The minimum absolute atomic E-state index is 0.0701. The standard InChI is InChI=1S/C27H31N3O4/c1-16(18-8-4-3-5-9-18)28-26(33)24-21(15-31)23-14-29-22(25(24)30(23)17(2)32)13-12-20(27(29)34)19-10-6-7-11-19/h3-5,8-10,12-13,16,21,23-25,31H,6-7,11,14-15H2,1-2H3,(H,28,33)/t16-,21+,23+,24-,25-/m0/s1. The number of allylic oxidation sites excluding steroid dienone is 2. The lowest BCUT2D eigenvalue weighted by atomic mass is 9.86. The Morgan fingerprint density at radius 2 is 1.94 bits per heavy atom. The number of nitrogens with zero attached hydrogens (tertiary/aromatic N) is 2. The summed E-state index contributed by atoms with van der Waals surface area (Å²) in [7, 11) is 0. The second kappa shape index (κ2) is 8.87. The van der Waals surface area contributed by atoms with E-state index in [1.54, 1.807) is 9.47 Å². The molecule has 3 heterocycles. The van der Waals surface area contributed by atoms with E-state index in [0.29, 0.717) is 11.3 Å². The van der Waals surface area contributed by atoms with E-state index in [2.05, 4.69) is 11.4 Å². The van der Waals surface area contributed by atoms with Gasteiger partial charge in [-0.25, -0.2) is 0 Å². The summed E-state index contributed by atoms with van der Waals surface area (Å²) in [6.45, 7) is 3.47. The van der Waals surface area contributed by atoms with E-state index < -0.39 is 23.9 Å². The van der Waals surface area contributed by atoms with Gasteiger partial charge in [0.1, 0.15) is 0 Å². The minimum atomic E-state index is -0.644. The number of nitrogens with one attached hydrogen (secondary N) is 1. The van der Waals surface area contributed by atoms with Crippen molar-refractivity contribution in [1.29, 1.82) is 0 Å². The van der Waals surface area contributed by atoms with Gasteiger partial charge in [0.05, 0.1) is 24.0 Å². The summed E-state index contributed by atoms with van der Waals surface area (Å²) in [6.07, 6.45) is 5.05. The topological polar surface area (TPSA) is 91.6 Å². The normalized spacial score (nSPS) is 26.1. The molecular weight excluding hydrogens is 430 g/mol. The molecule has 2 aromatic rings. The van der Waals surface area contributed by atoms with Crippen molar-refractivity contribution in [3.05, 3.63) is 75.7 Å². The van der Waals surface area contributed by atoms with E-state index in [1.807, 2.05) is 49.4 Å². The third kappa shape index (κ3) is 3.59. The molecule has 178 valence electrons. The Bertz CT molecular complexity index is 1200. The predicted octanol–water partition coefficient (Wildman–Crippen LogP) is 2.80. The molecular formula is C27H31N3O4. The summed E-state index contributed by atoms with van der Waals surface area (Å²) in [5.74, 6) is -1.46. The summed E-state index contributed by atoms with van der Waals surface area (Å²) in [5.41, 5.74) is 3.36. The number of aliphatic hydroxyl groups is 1. The molecule has 0 saturated carbocycles. The molecule has 0 unspecified atom stereocenters. The van der Waals surface area contributed by atoms with Gasteiger partial charge in [-0.15, -0.1) is 0 Å². The van der Waals surface area contributed by atoms with Crippen molar-refractivity contribution >= 4 is 17.4 Å². The number of amides is 2. The second-order valence-corrected chi connectivity index (χ2v) is 9.66. The fourth-order valence-corrected chi connectivity index (χ4v) is 6.13. The number of aliphatic hydroxyl groups excluding tert-OH is 1. The Balaban J connectivity index is 1.54. The lowest BCUT2D eigenvalue weighted by Crippen LogP contribution is -2.48. The van der Waals surface area contributed by atoms with Crippen LogP contribution < -0.4 is 10.9 Å². The first-order valence-electron chi connectivity index (χ1n) is 12.1. The number of hydrogen-bond donors (Lipinski definition) is 2. The number of pyridine rings is 1. The van der Waals surface area contributed by atoms with Gasteiger partial charge < -0.3 is 19.9 Å². The van der Waals surface area contributed by atoms with Gasteiger partial charge in [0.15, 0.2) is 0 Å². The summed E-state index contributed by atoms with van der Waals surface area (Å²) in [5, 5.41) is 13.4. The van der Waals surface area contributed by atoms with Gasteiger partial charge in [0, 0.05) is 37.3 Å². The van der Waals surface area contributed by atoms with Crippen molar-refractivity contribution in [1.82, 2.24) is 14.8 Å². The number of fused-ring (bicyclic) bond motifs is 4. The molecule has 34 heavy (non-hydrogen) atoms. The zero-order valence-electron chi connectivity index (χ0n) is 19.6. The number of hydrogen-bond acceptors (Lipinski definition) is 4. The van der Waals surface area contributed by atoms with Crippen LogP contribution in [0.15, 0.2) is 53.3 Å². The van der Waals surface area contributed by atoms with Crippen molar-refractivity contribution in [2.75, 3.05) is 6.61 Å². The first-order valence-corrected chi connectivity index (χ1v) is 12.1. The average Bonchev–Trinajstić information content (AvgIpc) is 3.44. The molecule has 3 aliphatic rings. The molecule has 2 amide bonds. The number of rotatable bonds is 5. The summed E-state index contributed by atoms with van der Waals surface area (Å²) in [4.78, 5) is 41.5. The number of carbonyl (C=O) groups is 2. The van der Waals surface area contributed by atoms with Crippen LogP contribution in [0.2, 0.25) is 0 Å². The van der Waals surface area contributed by atoms with E-state index in [0.717, 1.165) is 30.4 Å². The monoisotopic (exact) mass is 461 g/mol. The highest BCUT2D eigenvalue weighted by atomic mass is 16.3. The van der Waals surface area contributed by atoms with E-state index >= 15 is 0 Å². The molecule has 0 spiro atoms. The van der Waals surface area contributed by atoms with Crippen LogP contribution in [0.25, 0.3) is 5.57 Å². The van der Waals surface area contributed by atoms with Crippen LogP contribution in [0.4, 0.5) is 0 Å².